The highest BCUT2D eigenvalue weighted by atomic mass is 32.2. The van der Waals surface area contributed by atoms with Gasteiger partial charge >= 0.3 is 0 Å². The Bertz CT molecular complexity index is 1460. The van der Waals surface area contributed by atoms with Crippen molar-refractivity contribution in [2.24, 2.45) is 0 Å². The van der Waals surface area contributed by atoms with Crippen molar-refractivity contribution in [3.8, 4) is 0 Å². The van der Waals surface area contributed by atoms with Gasteiger partial charge in [0, 0.05) is 21.7 Å². The second-order valence-corrected chi connectivity index (χ2v) is 10.3. The molecule has 0 fully saturated rings. The first kappa shape index (κ1) is 27.6. The fourth-order valence-corrected chi connectivity index (χ4v) is 4.65. The van der Waals surface area contributed by atoms with Crippen LogP contribution in [0.2, 0.25) is 0 Å². The first-order chi connectivity index (χ1) is 18.9. The van der Waals surface area contributed by atoms with Crippen LogP contribution in [0.25, 0.3) is 6.08 Å². The summed E-state index contributed by atoms with van der Waals surface area (Å²) in [7, 11) is 0. The molecule has 6 heteroatoms. The number of anilines is 1. The maximum atomic E-state index is 13.4. The highest BCUT2D eigenvalue weighted by Crippen LogP contribution is 2.23. The summed E-state index contributed by atoms with van der Waals surface area (Å²) in [6.07, 6.45) is 1.66. The third-order valence-corrected chi connectivity index (χ3v) is 6.99. The van der Waals surface area contributed by atoms with Crippen molar-refractivity contribution in [1.82, 2.24) is 5.32 Å². The molecule has 2 amide bonds. The lowest BCUT2D eigenvalue weighted by molar-refractivity contribution is -0.113. The summed E-state index contributed by atoms with van der Waals surface area (Å²) in [6.45, 7) is 4.24. The van der Waals surface area contributed by atoms with E-state index in [0.29, 0.717) is 22.7 Å². The monoisotopic (exact) mass is 534 g/mol. The fourth-order valence-electron chi connectivity index (χ4n) is 3.80. The van der Waals surface area contributed by atoms with Crippen LogP contribution in [0.1, 0.15) is 51.6 Å². The Balaban J connectivity index is 1.50. The van der Waals surface area contributed by atoms with Crippen molar-refractivity contribution in [2.45, 2.75) is 24.7 Å². The molecule has 0 aromatic heterocycles. The molecule has 0 unspecified atom stereocenters. The highest BCUT2D eigenvalue weighted by molar-refractivity contribution is 8.00. The molecule has 4 aromatic rings. The van der Waals surface area contributed by atoms with Crippen LogP contribution in [-0.4, -0.2) is 23.4 Å². The Morgan fingerprint density at radius 1 is 0.769 bits per heavy atom. The topological polar surface area (TPSA) is 75.3 Å². The second kappa shape index (κ2) is 13.4. The van der Waals surface area contributed by atoms with Crippen molar-refractivity contribution in [3.63, 3.8) is 0 Å². The van der Waals surface area contributed by atoms with Crippen LogP contribution in [0, 0.1) is 0 Å². The molecule has 0 aliphatic carbocycles. The lowest BCUT2D eigenvalue weighted by atomic mass is 10.0. The molecule has 0 heterocycles. The van der Waals surface area contributed by atoms with E-state index in [4.69, 9.17) is 0 Å². The Kier molecular flexibility index (Phi) is 9.48. The molecule has 196 valence electrons. The van der Waals surface area contributed by atoms with Gasteiger partial charge in [0.1, 0.15) is 5.70 Å². The van der Waals surface area contributed by atoms with Gasteiger partial charge in [-0.2, -0.15) is 0 Å². The largest absolute Gasteiger partial charge is 0.321 e. The molecule has 5 nitrogen and oxygen atoms in total. The fraction of sp³-hybridized carbons (Fsp3) is 0.121. The predicted octanol–water partition coefficient (Wildman–Crippen LogP) is 7.19. The van der Waals surface area contributed by atoms with E-state index in [1.807, 2.05) is 66.7 Å². The number of amides is 2. The van der Waals surface area contributed by atoms with E-state index in [1.165, 1.54) is 17.3 Å². The molecule has 4 rings (SSSR count). The molecule has 39 heavy (non-hydrogen) atoms. The number of rotatable bonds is 10. The third kappa shape index (κ3) is 8.03. The maximum Gasteiger partial charge on any atom is 0.272 e. The van der Waals surface area contributed by atoms with Crippen LogP contribution in [0.3, 0.4) is 0 Å². The molecule has 0 saturated heterocycles. The summed E-state index contributed by atoms with van der Waals surface area (Å²) in [6, 6.07) is 33.1. The summed E-state index contributed by atoms with van der Waals surface area (Å²) in [5, 5.41) is 5.66. The summed E-state index contributed by atoms with van der Waals surface area (Å²) in [5.41, 5.74) is 3.78. The Morgan fingerprint density at radius 3 is 2.05 bits per heavy atom. The van der Waals surface area contributed by atoms with Crippen molar-refractivity contribution in [2.75, 3.05) is 11.1 Å². The van der Waals surface area contributed by atoms with Crippen LogP contribution in [0.4, 0.5) is 5.69 Å². The van der Waals surface area contributed by atoms with E-state index in [2.05, 4.69) is 24.5 Å². The molecule has 0 spiro atoms. The van der Waals surface area contributed by atoms with E-state index in [-0.39, 0.29) is 23.1 Å². The van der Waals surface area contributed by atoms with E-state index in [0.717, 1.165) is 10.5 Å². The lowest BCUT2D eigenvalue weighted by Gasteiger charge is -2.12. The average Bonchev–Trinajstić information content (AvgIpc) is 2.97. The normalized spacial score (nSPS) is 11.2. The Hall–Kier alpha value is -4.42. The first-order valence-electron chi connectivity index (χ1n) is 12.7. The summed E-state index contributed by atoms with van der Waals surface area (Å²) >= 11 is 1.40. The number of hydrogen-bond donors (Lipinski definition) is 2. The molecule has 0 bridgehead atoms. The van der Waals surface area contributed by atoms with Crippen LogP contribution in [0.5, 0.6) is 0 Å². The molecule has 0 aliphatic rings. The molecule has 4 aromatic carbocycles. The number of hydrogen-bond acceptors (Lipinski definition) is 4. The standard InChI is InChI=1S/C33H30N2O3S/c1-23(2)25-18-16-24(17-19-25)20-30(35-32(37)27-12-7-4-8-13-27)33(38)34-28-14-9-15-29(21-28)39-22-31(36)26-10-5-3-6-11-26/h3-21,23H,22H2,1-2H3,(H,34,38)(H,35,37)/b30-20-. The number of ketones is 1. The number of carbonyl (C=O) groups excluding carboxylic acids is 3. The molecule has 0 atom stereocenters. The van der Waals surface area contributed by atoms with Gasteiger partial charge in [0.25, 0.3) is 11.8 Å². The zero-order valence-electron chi connectivity index (χ0n) is 21.9. The summed E-state index contributed by atoms with van der Waals surface area (Å²) in [4.78, 5) is 39.6. The van der Waals surface area contributed by atoms with Crippen molar-refractivity contribution < 1.29 is 14.4 Å². The van der Waals surface area contributed by atoms with Gasteiger partial charge in [-0.25, -0.2) is 0 Å². The van der Waals surface area contributed by atoms with Gasteiger partial charge in [-0.3, -0.25) is 14.4 Å². The minimum absolute atomic E-state index is 0.0346. The summed E-state index contributed by atoms with van der Waals surface area (Å²) in [5.74, 6) is -0.121. The average molecular weight is 535 g/mol. The SMILES string of the molecule is CC(C)c1ccc(/C=C(\NC(=O)c2ccccc2)C(=O)Nc2cccc(SCC(=O)c3ccccc3)c2)cc1. The maximum absolute atomic E-state index is 13.4. The second-order valence-electron chi connectivity index (χ2n) is 9.26. The summed E-state index contributed by atoms with van der Waals surface area (Å²) < 4.78 is 0. The number of benzene rings is 4. The number of thioether (sulfide) groups is 1. The smallest absolute Gasteiger partial charge is 0.272 e. The van der Waals surface area contributed by atoms with Crippen LogP contribution in [0.15, 0.2) is 120 Å². The molecule has 0 radical (unpaired) electrons. The third-order valence-electron chi connectivity index (χ3n) is 6.00. The van der Waals surface area contributed by atoms with Gasteiger partial charge in [-0.1, -0.05) is 92.7 Å². The highest BCUT2D eigenvalue weighted by Gasteiger charge is 2.16. The lowest BCUT2D eigenvalue weighted by Crippen LogP contribution is -2.30. The minimum Gasteiger partial charge on any atom is -0.321 e. The molecule has 0 saturated carbocycles. The Morgan fingerprint density at radius 2 is 1.41 bits per heavy atom. The van der Waals surface area contributed by atoms with Gasteiger partial charge in [0.05, 0.1) is 5.75 Å². The number of carbonyl (C=O) groups is 3. The van der Waals surface area contributed by atoms with Gasteiger partial charge in [-0.15, -0.1) is 11.8 Å². The van der Waals surface area contributed by atoms with Gasteiger partial charge in [0.2, 0.25) is 0 Å². The zero-order chi connectivity index (χ0) is 27.6. The van der Waals surface area contributed by atoms with E-state index in [9.17, 15) is 14.4 Å². The minimum atomic E-state index is -0.449. The Labute approximate surface area is 233 Å². The molecular weight excluding hydrogens is 504 g/mol. The van der Waals surface area contributed by atoms with Gasteiger partial charge in [-0.05, 0) is 53.5 Å². The molecular formula is C33H30N2O3S. The zero-order valence-corrected chi connectivity index (χ0v) is 22.7. The quantitative estimate of drug-likeness (QED) is 0.128. The van der Waals surface area contributed by atoms with Crippen molar-refractivity contribution in [3.05, 3.63) is 137 Å². The predicted molar refractivity (Wildman–Crippen MR) is 159 cm³/mol. The van der Waals surface area contributed by atoms with Crippen molar-refractivity contribution >= 4 is 41.1 Å². The molecule has 0 aliphatic heterocycles. The molecule has 2 N–H and O–H groups in total. The van der Waals surface area contributed by atoms with E-state index >= 15 is 0 Å². The van der Waals surface area contributed by atoms with Crippen LogP contribution >= 0.6 is 11.8 Å². The van der Waals surface area contributed by atoms with E-state index in [1.54, 1.807) is 48.5 Å². The first-order valence-corrected chi connectivity index (χ1v) is 13.7. The van der Waals surface area contributed by atoms with E-state index < -0.39 is 5.91 Å². The van der Waals surface area contributed by atoms with Gasteiger partial charge < -0.3 is 10.6 Å². The number of Topliss-reactive ketones (excluding diaryl/α,β-unsaturated/α-hetero) is 1. The number of nitrogens with one attached hydrogen (secondary N) is 2. The van der Waals surface area contributed by atoms with Crippen molar-refractivity contribution in [1.29, 1.82) is 0 Å². The van der Waals surface area contributed by atoms with Crippen LogP contribution in [-0.2, 0) is 4.79 Å². The van der Waals surface area contributed by atoms with Crippen LogP contribution < -0.4 is 10.6 Å². The van der Waals surface area contributed by atoms with Gasteiger partial charge in [0.15, 0.2) is 5.78 Å².